The summed E-state index contributed by atoms with van der Waals surface area (Å²) in [6, 6.07) is 14.0. The van der Waals surface area contributed by atoms with Gasteiger partial charge in [0.15, 0.2) is 0 Å². The monoisotopic (exact) mass is 392 g/mol. The molecule has 0 radical (unpaired) electrons. The number of benzene rings is 1. The van der Waals surface area contributed by atoms with Crippen molar-refractivity contribution in [3.8, 4) is 0 Å². The standard InChI is InChI=1S/C23H28N4O2/c1-25(15-11-21-9-12-24-13-10-21)22(28)23(29)27-18-16-26(17-19-27)14-5-8-20-6-3-2-4-7-20/h2-10,12-13H,11,14-19H2,1H3/b8-5+. The zero-order valence-corrected chi connectivity index (χ0v) is 16.9. The summed E-state index contributed by atoms with van der Waals surface area (Å²) in [4.78, 5) is 34.5. The molecule has 0 unspecified atom stereocenters. The highest BCUT2D eigenvalue weighted by molar-refractivity contribution is 6.34. The summed E-state index contributed by atoms with van der Waals surface area (Å²) in [5.74, 6) is -0.835. The van der Waals surface area contributed by atoms with Crippen LogP contribution < -0.4 is 0 Å². The van der Waals surface area contributed by atoms with Crippen LogP contribution in [-0.2, 0) is 16.0 Å². The largest absolute Gasteiger partial charge is 0.337 e. The van der Waals surface area contributed by atoms with Crippen LogP contribution >= 0.6 is 0 Å². The van der Waals surface area contributed by atoms with Crippen LogP contribution in [0.4, 0.5) is 0 Å². The molecule has 1 fully saturated rings. The van der Waals surface area contributed by atoms with Gasteiger partial charge in [-0.3, -0.25) is 19.5 Å². The van der Waals surface area contributed by atoms with Gasteiger partial charge in [0.2, 0.25) is 0 Å². The maximum atomic E-state index is 12.5. The molecule has 2 aromatic rings. The summed E-state index contributed by atoms with van der Waals surface area (Å²) in [6.07, 6.45) is 8.43. The SMILES string of the molecule is CN(CCc1ccncc1)C(=O)C(=O)N1CCN(C/C=C/c2ccccc2)CC1. The van der Waals surface area contributed by atoms with E-state index in [1.54, 1.807) is 24.3 Å². The van der Waals surface area contributed by atoms with Crippen molar-refractivity contribution in [1.29, 1.82) is 0 Å². The maximum absolute atomic E-state index is 12.5. The first-order valence-electron chi connectivity index (χ1n) is 10.0. The van der Waals surface area contributed by atoms with Gasteiger partial charge >= 0.3 is 11.8 Å². The molecule has 0 atom stereocenters. The molecule has 1 aliphatic heterocycles. The molecular formula is C23H28N4O2. The smallest absolute Gasteiger partial charge is 0.312 e. The molecule has 152 valence electrons. The van der Waals surface area contributed by atoms with Gasteiger partial charge in [0.1, 0.15) is 0 Å². The van der Waals surface area contributed by atoms with Crippen LogP contribution in [0.1, 0.15) is 11.1 Å². The number of piperazine rings is 1. The molecule has 0 N–H and O–H groups in total. The molecule has 6 heteroatoms. The number of pyridine rings is 1. The van der Waals surface area contributed by atoms with Gasteiger partial charge in [-0.25, -0.2) is 0 Å². The minimum Gasteiger partial charge on any atom is -0.337 e. The molecule has 2 heterocycles. The highest BCUT2D eigenvalue weighted by Gasteiger charge is 2.27. The van der Waals surface area contributed by atoms with Crippen molar-refractivity contribution in [1.82, 2.24) is 19.7 Å². The summed E-state index contributed by atoms with van der Waals surface area (Å²) in [5, 5.41) is 0. The minimum atomic E-state index is -0.434. The highest BCUT2D eigenvalue weighted by Crippen LogP contribution is 2.06. The fourth-order valence-corrected chi connectivity index (χ4v) is 3.28. The summed E-state index contributed by atoms with van der Waals surface area (Å²) in [6.45, 7) is 4.08. The Balaban J connectivity index is 1.40. The molecule has 0 aliphatic carbocycles. The van der Waals surface area contributed by atoms with Crippen LogP contribution in [0.3, 0.4) is 0 Å². The molecule has 6 nitrogen and oxygen atoms in total. The first-order chi connectivity index (χ1) is 14.1. The van der Waals surface area contributed by atoms with Crippen LogP contribution in [0.2, 0.25) is 0 Å². The van der Waals surface area contributed by atoms with Crippen molar-refractivity contribution >= 4 is 17.9 Å². The summed E-state index contributed by atoms with van der Waals surface area (Å²) in [7, 11) is 1.69. The number of carbonyl (C=O) groups is 2. The van der Waals surface area contributed by atoms with E-state index in [4.69, 9.17) is 0 Å². The number of carbonyl (C=O) groups excluding carboxylic acids is 2. The van der Waals surface area contributed by atoms with Gasteiger partial charge in [0.25, 0.3) is 0 Å². The lowest BCUT2D eigenvalue weighted by molar-refractivity contribution is -0.152. The van der Waals surface area contributed by atoms with Crippen LogP contribution in [-0.4, -0.2) is 77.8 Å². The van der Waals surface area contributed by atoms with Crippen LogP contribution in [0.5, 0.6) is 0 Å². The van der Waals surface area contributed by atoms with E-state index >= 15 is 0 Å². The summed E-state index contributed by atoms with van der Waals surface area (Å²) in [5.41, 5.74) is 2.28. The Labute approximate surface area is 172 Å². The van der Waals surface area contributed by atoms with Gasteiger partial charge in [-0.05, 0) is 29.7 Å². The zero-order chi connectivity index (χ0) is 20.5. The van der Waals surface area contributed by atoms with Crippen LogP contribution in [0.15, 0.2) is 60.9 Å². The number of aromatic nitrogens is 1. The number of hydrogen-bond acceptors (Lipinski definition) is 4. The van der Waals surface area contributed by atoms with Gasteiger partial charge in [-0.2, -0.15) is 0 Å². The number of amides is 2. The Kier molecular flexibility index (Phi) is 7.53. The topological polar surface area (TPSA) is 56.8 Å². The van der Waals surface area contributed by atoms with Crippen molar-refractivity contribution < 1.29 is 9.59 Å². The molecule has 1 saturated heterocycles. The van der Waals surface area contributed by atoms with E-state index in [-0.39, 0.29) is 0 Å². The van der Waals surface area contributed by atoms with Gasteiger partial charge < -0.3 is 9.80 Å². The Morgan fingerprint density at radius 1 is 1.03 bits per heavy atom. The molecular weight excluding hydrogens is 364 g/mol. The number of rotatable bonds is 6. The zero-order valence-electron chi connectivity index (χ0n) is 16.9. The van der Waals surface area contributed by atoms with Crippen molar-refractivity contribution in [3.05, 3.63) is 72.1 Å². The Morgan fingerprint density at radius 2 is 1.72 bits per heavy atom. The van der Waals surface area contributed by atoms with Crippen LogP contribution in [0.25, 0.3) is 6.08 Å². The van der Waals surface area contributed by atoms with Crippen molar-refractivity contribution in [3.63, 3.8) is 0 Å². The van der Waals surface area contributed by atoms with E-state index in [1.807, 2.05) is 30.3 Å². The number of nitrogens with zero attached hydrogens (tertiary/aromatic N) is 4. The molecule has 1 aliphatic rings. The first kappa shape index (κ1) is 20.7. The molecule has 3 rings (SSSR count). The highest BCUT2D eigenvalue weighted by atomic mass is 16.2. The fraction of sp³-hybridized carbons (Fsp3) is 0.348. The van der Waals surface area contributed by atoms with Crippen molar-refractivity contribution in [2.75, 3.05) is 46.3 Å². The molecule has 0 bridgehead atoms. The average Bonchev–Trinajstić information content (AvgIpc) is 2.78. The second-order valence-corrected chi connectivity index (χ2v) is 7.24. The lowest BCUT2D eigenvalue weighted by Gasteiger charge is -2.34. The molecule has 0 spiro atoms. The average molecular weight is 393 g/mol. The second-order valence-electron chi connectivity index (χ2n) is 7.24. The van der Waals surface area contributed by atoms with E-state index in [9.17, 15) is 9.59 Å². The van der Waals surface area contributed by atoms with Gasteiger partial charge in [-0.1, -0.05) is 42.5 Å². The quantitative estimate of drug-likeness (QED) is 0.705. The third kappa shape index (κ3) is 6.26. The third-order valence-electron chi connectivity index (χ3n) is 5.15. The Bertz CT molecular complexity index is 815. The fourth-order valence-electron chi connectivity index (χ4n) is 3.28. The Morgan fingerprint density at radius 3 is 2.41 bits per heavy atom. The number of hydrogen-bond donors (Lipinski definition) is 0. The van der Waals surface area contributed by atoms with Gasteiger partial charge in [0.05, 0.1) is 0 Å². The molecule has 2 amide bonds. The maximum Gasteiger partial charge on any atom is 0.312 e. The molecule has 0 saturated carbocycles. The van der Waals surface area contributed by atoms with Crippen LogP contribution in [0, 0.1) is 0 Å². The summed E-state index contributed by atoms with van der Waals surface area (Å²) < 4.78 is 0. The third-order valence-corrected chi connectivity index (χ3v) is 5.15. The second kappa shape index (κ2) is 10.5. The molecule has 29 heavy (non-hydrogen) atoms. The van der Waals surface area contributed by atoms with E-state index < -0.39 is 11.8 Å². The predicted octanol–water partition coefficient (Wildman–Crippen LogP) is 1.94. The predicted molar refractivity (Wildman–Crippen MR) is 114 cm³/mol. The van der Waals surface area contributed by atoms with E-state index in [0.717, 1.165) is 25.2 Å². The van der Waals surface area contributed by atoms with E-state index in [1.165, 1.54) is 10.5 Å². The molecule has 1 aromatic carbocycles. The van der Waals surface area contributed by atoms with E-state index in [0.29, 0.717) is 26.1 Å². The lowest BCUT2D eigenvalue weighted by atomic mass is 10.2. The van der Waals surface area contributed by atoms with Crippen molar-refractivity contribution in [2.24, 2.45) is 0 Å². The minimum absolute atomic E-state index is 0.401. The molecule has 1 aromatic heterocycles. The van der Waals surface area contributed by atoms with E-state index in [2.05, 4.69) is 34.2 Å². The van der Waals surface area contributed by atoms with Gasteiger partial charge in [0, 0.05) is 58.7 Å². The van der Waals surface area contributed by atoms with Gasteiger partial charge in [-0.15, -0.1) is 0 Å². The van der Waals surface area contributed by atoms with Crippen molar-refractivity contribution in [2.45, 2.75) is 6.42 Å². The normalized spacial score (nSPS) is 14.9. The summed E-state index contributed by atoms with van der Waals surface area (Å²) >= 11 is 0. The lowest BCUT2D eigenvalue weighted by Crippen LogP contribution is -2.52. The first-order valence-corrected chi connectivity index (χ1v) is 10.0. The Hall–Kier alpha value is -2.99. The number of likely N-dealkylation sites (N-methyl/N-ethyl adjacent to an activating group) is 1.